The summed E-state index contributed by atoms with van der Waals surface area (Å²) in [5.74, 6) is -5.31. The second-order valence-electron chi connectivity index (χ2n) is 11.5. The number of phenols is 1. The topological polar surface area (TPSA) is 144 Å². The minimum atomic E-state index is -1.77. The van der Waals surface area contributed by atoms with Crippen LogP contribution < -0.4 is 10.2 Å². The Bertz CT molecular complexity index is 1720. The third-order valence-corrected chi connectivity index (χ3v) is 8.19. The minimum absolute atomic E-state index is 0.0308. The first-order valence-corrected chi connectivity index (χ1v) is 15.1. The number of aromatic hydroxyl groups is 1. The summed E-state index contributed by atoms with van der Waals surface area (Å²) < 4.78 is 16.9. The average Bonchev–Trinajstić information content (AvgIpc) is 3.09. The van der Waals surface area contributed by atoms with Gasteiger partial charge in [0.25, 0.3) is 5.91 Å². The average molecular weight is 637 g/mol. The Balaban J connectivity index is 1.56. The number of benzene rings is 4. The van der Waals surface area contributed by atoms with Crippen LogP contribution in [0.15, 0.2) is 114 Å². The van der Waals surface area contributed by atoms with Crippen LogP contribution in [-0.2, 0) is 32.3 Å². The number of ether oxygens (including phenoxy) is 3. The number of amides is 1. The van der Waals surface area contributed by atoms with Crippen molar-refractivity contribution in [2.24, 2.45) is 16.9 Å². The van der Waals surface area contributed by atoms with E-state index in [9.17, 15) is 24.6 Å². The maximum atomic E-state index is 14.1. The summed E-state index contributed by atoms with van der Waals surface area (Å²) >= 11 is 0. The lowest BCUT2D eigenvalue weighted by Crippen LogP contribution is -2.55. The van der Waals surface area contributed by atoms with Crippen LogP contribution in [0.2, 0.25) is 0 Å². The number of carbonyl (C=O) groups excluding carboxylic acids is 3. The van der Waals surface area contributed by atoms with Crippen molar-refractivity contribution in [1.82, 2.24) is 5.43 Å². The summed E-state index contributed by atoms with van der Waals surface area (Å²) in [4.78, 5) is 41.1. The van der Waals surface area contributed by atoms with Gasteiger partial charge in [-0.15, -0.1) is 0 Å². The highest BCUT2D eigenvalue weighted by Crippen LogP contribution is 2.47. The molecule has 0 spiro atoms. The molecule has 10 heteroatoms. The summed E-state index contributed by atoms with van der Waals surface area (Å²) in [7, 11) is 1.52. The Kier molecular flexibility index (Phi) is 10.3. The van der Waals surface area contributed by atoms with Gasteiger partial charge in [-0.2, -0.15) is 5.10 Å². The molecule has 0 saturated heterocycles. The van der Waals surface area contributed by atoms with Gasteiger partial charge in [0.2, 0.25) is 0 Å². The quantitative estimate of drug-likeness (QED) is 0.160. The van der Waals surface area contributed by atoms with E-state index in [0.29, 0.717) is 11.3 Å². The Labute approximate surface area is 272 Å². The SMILES string of the molecule is COc1ccc([C@@H]2[C@H](C(=O)OCc3ccccc3)/C(=N/NC(=O)c3ccccc3O)C[C@@](C)(O)[C@@H]2C(=O)OCc2ccccc2)cc1. The monoisotopic (exact) mass is 636 g/mol. The number of aliphatic hydroxyl groups is 1. The molecule has 1 aliphatic carbocycles. The molecular formula is C37H36N2O8. The van der Waals surface area contributed by atoms with Crippen molar-refractivity contribution in [2.45, 2.75) is 38.1 Å². The number of nitrogens with one attached hydrogen (secondary N) is 1. The highest BCUT2D eigenvalue weighted by atomic mass is 16.5. The van der Waals surface area contributed by atoms with Crippen molar-refractivity contribution < 1.29 is 38.8 Å². The van der Waals surface area contributed by atoms with E-state index < -0.39 is 41.2 Å². The first kappa shape index (κ1) is 32.9. The molecule has 0 aliphatic heterocycles. The van der Waals surface area contributed by atoms with Crippen LogP contribution in [0.25, 0.3) is 0 Å². The van der Waals surface area contributed by atoms with Gasteiger partial charge >= 0.3 is 11.9 Å². The molecule has 4 atom stereocenters. The molecular weight excluding hydrogens is 600 g/mol. The van der Waals surface area contributed by atoms with Crippen LogP contribution in [0.4, 0.5) is 0 Å². The molecule has 1 saturated carbocycles. The van der Waals surface area contributed by atoms with Crippen molar-refractivity contribution in [3.05, 3.63) is 131 Å². The lowest BCUT2D eigenvalue weighted by atomic mass is 9.61. The molecule has 0 aromatic heterocycles. The molecule has 4 aromatic rings. The molecule has 0 unspecified atom stereocenters. The molecule has 0 bridgehead atoms. The largest absolute Gasteiger partial charge is 0.507 e. The van der Waals surface area contributed by atoms with Crippen LogP contribution in [0.1, 0.15) is 46.3 Å². The molecule has 47 heavy (non-hydrogen) atoms. The molecule has 5 rings (SSSR count). The van der Waals surface area contributed by atoms with E-state index in [1.54, 1.807) is 36.4 Å². The number of hydrogen-bond acceptors (Lipinski definition) is 9. The van der Waals surface area contributed by atoms with Gasteiger partial charge in [0, 0.05) is 12.3 Å². The number of hydrogen-bond donors (Lipinski definition) is 3. The van der Waals surface area contributed by atoms with E-state index in [1.807, 2.05) is 60.7 Å². The lowest BCUT2D eigenvalue weighted by molar-refractivity contribution is -0.165. The minimum Gasteiger partial charge on any atom is -0.507 e. The van der Waals surface area contributed by atoms with E-state index in [-0.39, 0.29) is 36.7 Å². The summed E-state index contributed by atoms with van der Waals surface area (Å²) in [5, 5.41) is 26.4. The smallest absolute Gasteiger partial charge is 0.315 e. The maximum Gasteiger partial charge on any atom is 0.315 e. The molecule has 10 nitrogen and oxygen atoms in total. The molecule has 0 heterocycles. The third-order valence-electron chi connectivity index (χ3n) is 8.19. The van der Waals surface area contributed by atoms with E-state index in [4.69, 9.17) is 14.2 Å². The first-order chi connectivity index (χ1) is 22.7. The molecule has 1 fully saturated rings. The molecule has 4 aromatic carbocycles. The molecule has 1 amide bonds. The number of carbonyl (C=O) groups is 3. The molecule has 242 valence electrons. The van der Waals surface area contributed by atoms with E-state index in [0.717, 1.165) is 11.1 Å². The van der Waals surface area contributed by atoms with Crippen LogP contribution in [0, 0.1) is 11.8 Å². The van der Waals surface area contributed by atoms with Crippen molar-refractivity contribution in [3.8, 4) is 11.5 Å². The Morgan fingerprint density at radius 3 is 1.94 bits per heavy atom. The Morgan fingerprint density at radius 2 is 1.36 bits per heavy atom. The van der Waals surface area contributed by atoms with Crippen LogP contribution in [0.5, 0.6) is 11.5 Å². The van der Waals surface area contributed by atoms with Crippen LogP contribution >= 0.6 is 0 Å². The van der Waals surface area contributed by atoms with Gasteiger partial charge in [0.1, 0.15) is 30.6 Å². The highest BCUT2D eigenvalue weighted by molar-refractivity contribution is 6.06. The fourth-order valence-electron chi connectivity index (χ4n) is 5.86. The zero-order chi connectivity index (χ0) is 33.4. The van der Waals surface area contributed by atoms with Gasteiger partial charge in [0.15, 0.2) is 0 Å². The third kappa shape index (κ3) is 7.85. The van der Waals surface area contributed by atoms with Gasteiger partial charge in [-0.05, 0) is 47.9 Å². The highest BCUT2D eigenvalue weighted by Gasteiger charge is 2.56. The fourth-order valence-corrected chi connectivity index (χ4v) is 5.86. The van der Waals surface area contributed by atoms with Gasteiger partial charge in [-0.25, -0.2) is 5.43 Å². The van der Waals surface area contributed by atoms with Crippen molar-refractivity contribution in [1.29, 1.82) is 0 Å². The van der Waals surface area contributed by atoms with Crippen molar-refractivity contribution in [3.63, 3.8) is 0 Å². The molecule has 0 radical (unpaired) electrons. The zero-order valence-electron chi connectivity index (χ0n) is 26.0. The summed E-state index contributed by atoms with van der Waals surface area (Å²) in [6.45, 7) is 1.38. The number of phenolic OH excluding ortho intramolecular Hbond substituents is 1. The van der Waals surface area contributed by atoms with Gasteiger partial charge in [-0.1, -0.05) is 84.9 Å². The van der Waals surface area contributed by atoms with Gasteiger partial charge in [-0.3, -0.25) is 14.4 Å². The normalized spacial score (nSPS) is 21.4. The lowest BCUT2D eigenvalue weighted by Gasteiger charge is -2.45. The number of hydrazone groups is 1. The molecule has 1 aliphatic rings. The Hall–Kier alpha value is -5.48. The van der Waals surface area contributed by atoms with Crippen molar-refractivity contribution in [2.75, 3.05) is 7.11 Å². The fraction of sp³-hybridized carbons (Fsp3) is 0.243. The first-order valence-electron chi connectivity index (χ1n) is 15.1. The van der Waals surface area contributed by atoms with E-state index >= 15 is 0 Å². The number of para-hydroxylation sites is 1. The summed E-state index contributed by atoms with van der Waals surface area (Å²) in [6.07, 6.45) is -0.267. The second kappa shape index (κ2) is 14.7. The maximum absolute atomic E-state index is 14.1. The number of rotatable bonds is 10. The molecule has 3 N–H and O–H groups in total. The zero-order valence-corrected chi connectivity index (χ0v) is 26.0. The number of esters is 2. The van der Waals surface area contributed by atoms with Crippen LogP contribution in [0.3, 0.4) is 0 Å². The van der Waals surface area contributed by atoms with E-state index in [2.05, 4.69) is 10.5 Å². The van der Waals surface area contributed by atoms with Gasteiger partial charge in [0.05, 0.1) is 29.9 Å². The number of nitrogens with zero attached hydrogens (tertiary/aromatic N) is 1. The van der Waals surface area contributed by atoms with E-state index in [1.165, 1.54) is 26.2 Å². The predicted octanol–water partition coefficient (Wildman–Crippen LogP) is 5.14. The predicted molar refractivity (Wildman–Crippen MR) is 173 cm³/mol. The Morgan fingerprint density at radius 1 is 0.809 bits per heavy atom. The number of methoxy groups -OCH3 is 1. The van der Waals surface area contributed by atoms with Crippen molar-refractivity contribution >= 4 is 23.6 Å². The standard InChI is InChI=1S/C37H36N2O8/c1-37(44)21-29(38-39-34(41)28-15-9-10-16-30(28)40)32(35(42)46-22-24-11-5-3-6-12-24)31(26-17-19-27(45-2)20-18-26)33(37)36(43)47-23-25-13-7-4-8-14-25/h3-20,31-33,40,44H,21-23H2,1-2H3,(H,39,41)/b38-29+/t31-,32-,33+,37-/m1/s1. The van der Waals surface area contributed by atoms with Gasteiger partial charge < -0.3 is 24.4 Å². The summed E-state index contributed by atoms with van der Waals surface area (Å²) in [6, 6.07) is 31.0. The second-order valence-corrected chi connectivity index (χ2v) is 11.5. The van der Waals surface area contributed by atoms with Crippen LogP contribution in [-0.4, -0.2) is 46.5 Å². The summed E-state index contributed by atoms with van der Waals surface area (Å²) in [5.41, 5.74) is 2.73.